The molecule has 0 aliphatic carbocycles. The van der Waals surface area contributed by atoms with Gasteiger partial charge in [0.2, 0.25) is 0 Å². The van der Waals surface area contributed by atoms with Crippen molar-refractivity contribution < 1.29 is 4.74 Å². The lowest BCUT2D eigenvalue weighted by Crippen LogP contribution is -2.19. The number of aromatic nitrogens is 3. The van der Waals surface area contributed by atoms with E-state index in [2.05, 4.69) is 50.4 Å². The number of rotatable bonds is 6. The lowest BCUT2D eigenvalue weighted by Gasteiger charge is -2.11. The van der Waals surface area contributed by atoms with Crippen molar-refractivity contribution in [1.29, 1.82) is 0 Å². The molecule has 1 aliphatic heterocycles. The number of aromatic amines is 1. The van der Waals surface area contributed by atoms with Crippen LogP contribution in [0.15, 0.2) is 53.8 Å². The molecule has 4 rings (SSSR count). The molecule has 1 aliphatic rings. The number of hydrogen-bond donors (Lipinski definition) is 1. The zero-order chi connectivity index (χ0) is 17.9. The minimum Gasteiger partial charge on any atom is -0.492 e. The molecular formula is C20H21N5O. The van der Waals surface area contributed by atoms with Crippen LogP contribution in [0.2, 0.25) is 0 Å². The third kappa shape index (κ3) is 3.36. The summed E-state index contributed by atoms with van der Waals surface area (Å²) in [5, 5.41) is 6.84. The van der Waals surface area contributed by atoms with Gasteiger partial charge in [-0.1, -0.05) is 12.1 Å². The molecule has 3 aromatic rings. The van der Waals surface area contributed by atoms with E-state index in [0.717, 1.165) is 40.5 Å². The minimum atomic E-state index is 0.677. The average Bonchev–Trinajstić information content (AvgIpc) is 3.31. The predicted octanol–water partition coefficient (Wildman–Crippen LogP) is 2.76. The molecule has 0 fully saturated rings. The topological polar surface area (TPSA) is 66.4 Å². The highest BCUT2D eigenvalue weighted by Crippen LogP contribution is 2.28. The lowest BCUT2D eigenvalue weighted by molar-refractivity contribution is 0.261. The van der Waals surface area contributed by atoms with Gasteiger partial charge in [-0.2, -0.15) is 5.10 Å². The number of fused-ring (bicyclic) bond motifs is 1. The largest absolute Gasteiger partial charge is 0.492 e. The Bertz CT molecular complexity index is 914. The van der Waals surface area contributed by atoms with Crippen molar-refractivity contribution in [2.24, 2.45) is 4.99 Å². The molecule has 1 N–H and O–H groups in total. The summed E-state index contributed by atoms with van der Waals surface area (Å²) in [6, 6.07) is 14.4. The fourth-order valence-electron chi connectivity index (χ4n) is 2.98. The predicted molar refractivity (Wildman–Crippen MR) is 102 cm³/mol. The molecule has 6 heteroatoms. The molecule has 0 unspecified atom stereocenters. The summed E-state index contributed by atoms with van der Waals surface area (Å²) in [5.41, 5.74) is 5.51. The lowest BCUT2D eigenvalue weighted by atomic mass is 9.98. The number of nitrogens with zero attached hydrogens (tertiary/aromatic N) is 4. The van der Waals surface area contributed by atoms with Gasteiger partial charge in [-0.25, -0.2) is 4.98 Å². The quantitative estimate of drug-likeness (QED) is 0.745. The summed E-state index contributed by atoms with van der Waals surface area (Å²) >= 11 is 0. The first kappa shape index (κ1) is 16.5. The summed E-state index contributed by atoms with van der Waals surface area (Å²) in [6.45, 7) is 2.28. The smallest absolute Gasteiger partial charge is 0.155 e. The highest BCUT2D eigenvalue weighted by atomic mass is 16.5. The molecule has 0 atom stereocenters. The Morgan fingerprint density at radius 1 is 1.08 bits per heavy atom. The van der Waals surface area contributed by atoms with Crippen LogP contribution in [0.3, 0.4) is 0 Å². The molecular weight excluding hydrogens is 326 g/mol. The maximum absolute atomic E-state index is 5.77. The van der Waals surface area contributed by atoms with Crippen LogP contribution in [0.5, 0.6) is 5.75 Å². The van der Waals surface area contributed by atoms with Gasteiger partial charge in [0.1, 0.15) is 18.7 Å². The molecule has 0 spiro atoms. The third-order valence-electron chi connectivity index (χ3n) is 4.40. The number of ether oxygens (including phenoxy) is 1. The van der Waals surface area contributed by atoms with Gasteiger partial charge in [-0.15, -0.1) is 0 Å². The van der Waals surface area contributed by atoms with Gasteiger partial charge < -0.3 is 9.64 Å². The normalized spacial score (nSPS) is 13.0. The van der Waals surface area contributed by atoms with Crippen molar-refractivity contribution in [3.63, 3.8) is 0 Å². The first-order valence-corrected chi connectivity index (χ1v) is 8.62. The van der Waals surface area contributed by atoms with E-state index in [1.807, 2.05) is 26.2 Å². The summed E-state index contributed by atoms with van der Waals surface area (Å²) in [7, 11) is 4.07. The zero-order valence-electron chi connectivity index (χ0n) is 14.9. The van der Waals surface area contributed by atoms with E-state index >= 15 is 0 Å². The fraction of sp³-hybridized carbons (Fsp3) is 0.250. The van der Waals surface area contributed by atoms with Crippen LogP contribution in [0.25, 0.3) is 11.4 Å². The minimum absolute atomic E-state index is 0.677. The summed E-state index contributed by atoms with van der Waals surface area (Å²) in [5.74, 6) is 1.65. The maximum Gasteiger partial charge on any atom is 0.155 e. The Kier molecular flexibility index (Phi) is 4.50. The zero-order valence-corrected chi connectivity index (χ0v) is 14.9. The van der Waals surface area contributed by atoms with Crippen molar-refractivity contribution in [2.45, 2.75) is 6.54 Å². The van der Waals surface area contributed by atoms with Crippen LogP contribution in [0.4, 0.5) is 0 Å². The number of aliphatic imine (C=N–C) groups is 1. The molecule has 0 amide bonds. The van der Waals surface area contributed by atoms with E-state index in [1.165, 1.54) is 11.9 Å². The molecule has 6 nitrogen and oxygen atoms in total. The van der Waals surface area contributed by atoms with Gasteiger partial charge in [-0.05, 0) is 50.0 Å². The number of hydrogen-bond acceptors (Lipinski definition) is 5. The van der Waals surface area contributed by atoms with Crippen molar-refractivity contribution >= 4 is 5.71 Å². The standard InChI is InChI=1S/C20H21N5O/c1-25(2)9-10-26-17-7-5-14(6-8-17)19-18-11-15(20-22-13-23-24-20)3-4-16(18)12-21-19/h3-8,11,13H,9-10,12H2,1-2H3,(H,22,23,24). The molecule has 132 valence electrons. The summed E-state index contributed by atoms with van der Waals surface area (Å²) in [4.78, 5) is 11.1. The number of nitrogens with one attached hydrogen (secondary N) is 1. The van der Waals surface area contributed by atoms with Gasteiger partial charge in [0.05, 0.1) is 12.3 Å². The SMILES string of the molecule is CN(C)CCOc1ccc(C2=NCc3ccc(-c4ncn[nH]4)cc32)cc1. The van der Waals surface area contributed by atoms with Crippen LogP contribution < -0.4 is 4.74 Å². The molecule has 0 saturated heterocycles. The van der Waals surface area contributed by atoms with E-state index in [1.54, 1.807) is 0 Å². The van der Waals surface area contributed by atoms with Crippen LogP contribution in [0.1, 0.15) is 16.7 Å². The molecule has 2 heterocycles. The number of H-pyrrole nitrogens is 1. The van der Waals surface area contributed by atoms with E-state index in [9.17, 15) is 0 Å². The first-order chi connectivity index (χ1) is 12.7. The molecule has 0 bridgehead atoms. The second-order valence-corrected chi connectivity index (χ2v) is 6.55. The van der Waals surface area contributed by atoms with Crippen LogP contribution in [0, 0.1) is 0 Å². The Morgan fingerprint density at radius 2 is 1.88 bits per heavy atom. The van der Waals surface area contributed by atoms with Gasteiger partial charge in [0, 0.05) is 23.2 Å². The van der Waals surface area contributed by atoms with Gasteiger partial charge >= 0.3 is 0 Å². The second-order valence-electron chi connectivity index (χ2n) is 6.55. The molecule has 0 radical (unpaired) electrons. The Balaban J connectivity index is 1.54. The Morgan fingerprint density at radius 3 is 2.62 bits per heavy atom. The van der Waals surface area contributed by atoms with Crippen molar-refractivity contribution in [3.05, 3.63) is 65.5 Å². The summed E-state index contributed by atoms with van der Waals surface area (Å²) in [6.07, 6.45) is 1.52. The fourth-order valence-corrected chi connectivity index (χ4v) is 2.98. The monoisotopic (exact) mass is 347 g/mol. The average molecular weight is 347 g/mol. The van der Waals surface area contributed by atoms with Crippen LogP contribution >= 0.6 is 0 Å². The van der Waals surface area contributed by atoms with Crippen molar-refractivity contribution in [3.8, 4) is 17.1 Å². The van der Waals surface area contributed by atoms with Crippen LogP contribution in [-0.2, 0) is 6.54 Å². The van der Waals surface area contributed by atoms with Crippen molar-refractivity contribution in [1.82, 2.24) is 20.1 Å². The Hall–Kier alpha value is -2.99. The van der Waals surface area contributed by atoms with Gasteiger partial charge in [-0.3, -0.25) is 10.1 Å². The van der Waals surface area contributed by atoms with E-state index in [0.29, 0.717) is 13.2 Å². The second kappa shape index (κ2) is 7.09. The number of benzene rings is 2. The molecule has 26 heavy (non-hydrogen) atoms. The van der Waals surface area contributed by atoms with E-state index in [4.69, 9.17) is 9.73 Å². The van der Waals surface area contributed by atoms with Crippen LogP contribution in [-0.4, -0.2) is 53.0 Å². The molecule has 1 aromatic heterocycles. The van der Waals surface area contributed by atoms with E-state index in [-0.39, 0.29) is 0 Å². The maximum atomic E-state index is 5.77. The van der Waals surface area contributed by atoms with Crippen molar-refractivity contribution in [2.75, 3.05) is 27.2 Å². The Labute approximate surface area is 152 Å². The van der Waals surface area contributed by atoms with Gasteiger partial charge in [0.25, 0.3) is 0 Å². The highest BCUT2D eigenvalue weighted by molar-refractivity contribution is 6.15. The van der Waals surface area contributed by atoms with Gasteiger partial charge in [0.15, 0.2) is 5.82 Å². The summed E-state index contributed by atoms with van der Waals surface area (Å²) < 4.78 is 5.77. The third-order valence-corrected chi connectivity index (χ3v) is 4.40. The highest BCUT2D eigenvalue weighted by Gasteiger charge is 2.18. The van der Waals surface area contributed by atoms with E-state index < -0.39 is 0 Å². The molecule has 2 aromatic carbocycles. The first-order valence-electron chi connectivity index (χ1n) is 8.62. The number of likely N-dealkylation sites (N-methyl/N-ethyl adjacent to an activating group) is 1. The molecule has 0 saturated carbocycles.